The van der Waals surface area contributed by atoms with Crippen molar-refractivity contribution in [1.29, 1.82) is 0 Å². The van der Waals surface area contributed by atoms with Gasteiger partial charge in [0, 0.05) is 18.1 Å². The first kappa shape index (κ1) is 16.6. The number of nitrogens with zero attached hydrogens (tertiary/aromatic N) is 2. The zero-order valence-corrected chi connectivity index (χ0v) is 14.1. The number of aryl methyl sites for hydroxylation is 1. The number of aliphatic hydroxyl groups is 1. The van der Waals surface area contributed by atoms with Gasteiger partial charge in [0.05, 0.1) is 24.3 Å². The Hall–Kier alpha value is -2.25. The number of hydrogen-bond donors (Lipinski definition) is 2. The van der Waals surface area contributed by atoms with Crippen LogP contribution in [-0.4, -0.2) is 32.7 Å². The van der Waals surface area contributed by atoms with Gasteiger partial charge in [0.25, 0.3) is 0 Å². The molecule has 126 valence electrons. The average Bonchev–Trinajstić information content (AvgIpc) is 3.21. The lowest BCUT2D eigenvalue weighted by atomic mass is 10.3. The maximum atomic E-state index is 11.8. The summed E-state index contributed by atoms with van der Waals surface area (Å²) in [6.45, 7) is 2.18. The third kappa shape index (κ3) is 4.18. The highest BCUT2D eigenvalue weighted by Crippen LogP contribution is 2.14. The van der Waals surface area contributed by atoms with Crippen LogP contribution in [0, 0.1) is 6.92 Å². The molecule has 0 bridgehead atoms. The Balaban J connectivity index is 1.42. The Labute approximate surface area is 143 Å². The molecular weight excluding hydrogens is 326 g/mol. The molecule has 0 saturated carbocycles. The molecule has 0 fully saturated rings. The van der Waals surface area contributed by atoms with Crippen molar-refractivity contribution >= 4 is 23.3 Å². The summed E-state index contributed by atoms with van der Waals surface area (Å²) in [6, 6.07) is 7.38. The summed E-state index contributed by atoms with van der Waals surface area (Å²) in [5, 5.41) is 12.5. The van der Waals surface area contributed by atoms with Crippen LogP contribution in [0.15, 0.2) is 47.3 Å². The fourth-order valence-corrected chi connectivity index (χ4v) is 3.05. The van der Waals surface area contributed by atoms with Gasteiger partial charge in [-0.15, -0.1) is 11.8 Å². The number of carbonyl (C=O) groups excluding carboxylic acids is 1. The van der Waals surface area contributed by atoms with Crippen LogP contribution in [0.4, 0.5) is 0 Å². The highest BCUT2D eigenvalue weighted by molar-refractivity contribution is 7.99. The average molecular weight is 345 g/mol. The minimum absolute atomic E-state index is 0.120. The van der Waals surface area contributed by atoms with E-state index < -0.39 is 6.10 Å². The predicted molar refractivity (Wildman–Crippen MR) is 92.8 cm³/mol. The van der Waals surface area contributed by atoms with Crippen molar-refractivity contribution in [3.05, 3.63) is 59.9 Å². The standard InChI is InChI=1S/C17H19N3O3S/c1-12-4-5-16-19-13(9-20(16)8-12)10-24-11-17(22)18-7-14(21)15-3-2-6-23-15/h2-6,8-9,14,21H,7,10-11H2,1H3,(H,18,22). The van der Waals surface area contributed by atoms with Crippen molar-refractivity contribution in [3.63, 3.8) is 0 Å². The predicted octanol–water partition coefficient (Wildman–Crippen LogP) is 2.32. The minimum Gasteiger partial charge on any atom is -0.467 e. The number of amides is 1. The zero-order chi connectivity index (χ0) is 16.9. The summed E-state index contributed by atoms with van der Waals surface area (Å²) in [7, 11) is 0. The Bertz CT molecular complexity index is 814. The van der Waals surface area contributed by atoms with Crippen LogP contribution in [0.5, 0.6) is 0 Å². The third-order valence-corrected chi connectivity index (χ3v) is 4.46. The number of hydrogen-bond acceptors (Lipinski definition) is 5. The number of aromatic nitrogens is 2. The smallest absolute Gasteiger partial charge is 0.230 e. The van der Waals surface area contributed by atoms with Gasteiger partial charge >= 0.3 is 0 Å². The van der Waals surface area contributed by atoms with Crippen molar-refractivity contribution in [1.82, 2.24) is 14.7 Å². The van der Waals surface area contributed by atoms with Crippen LogP contribution in [0.25, 0.3) is 5.65 Å². The van der Waals surface area contributed by atoms with E-state index in [1.54, 1.807) is 12.1 Å². The number of thioether (sulfide) groups is 1. The van der Waals surface area contributed by atoms with Crippen LogP contribution >= 0.6 is 11.8 Å². The molecule has 24 heavy (non-hydrogen) atoms. The third-order valence-electron chi connectivity index (χ3n) is 3.50. The van der Waals surface area contributed by atoms with Gasteiger partial charge in [-0.2, -0.15) is 0 Å². The van der Waals surface area contributed by atoms with E-state index in [9.17, 15) is 9.90 Å². The van der Waals surface area contributed by atoms with Crippen molar-refractivity contribution in [2.45, 2.75) is 18.8 Å². The number of rotatable bonds is 7. The lowest BCUT2D eigenvalue weighted by Gasteiger charge is -2.09. The zero-order valence-electron chi connectivity index (χ0n) is 13.3. The summed E-state index contributed by atoms with van der Waals surface area (Å²) >= 11 is 1.49. The van der Waals surface area contributed by atoms with E-state index in [1.807, 2.05) is 35.9 Å². The largest absolute Gasteiger partial charge is 0.467 e. The molecule has 3 aromatic rings. The molecule has 0 aliphatic heterocycles. The number of aliphatic hydroxyl groups excluding tert-OH is 1. The van der Waals surface area contributed by atoms with Crippen molar-refractivity contribution in [3.8, 4) is 0 Å². The lowest BCUT2D eigenvalue weighted by Crippen LogP contribution is -2.29. The summed E-state index contributed by atoms with van der Waals surface area (Å²) in [6.07, 6.45) is 4.68. The van der Waals surface area contributed by atoms with Gasteiger partial charge in [0.2, 0.25) is 5.91 Å². The van der Waals surface area contributed by atoms with Gasteiger partial charge in [-0.05, 0) is 30.7 Å². The fraction of sp³-hybridized carbons (Fsp3) is 0.294. The van der Waals surface area contributed by atoms with Crippen molar-refractivity contribution < 1.29 is 14.3 Å². The highest BCUT2D eigenvalue weighted by atomic mass is 32.2. The molecule has 7 heteroatoms. The van der Waals surface area contributed by atoms with E-state index in [-0.39, 0.29) is 12.5 Å². The van der Waals surface area contributed by atoms with E-state index in [1.165, 1.54) is 23.6 Å². The molecule has 2 N–H and O–H groups in total. The fourth-order valence-electron chi connectivity index (χ4n) is 2.32. The maximum absolute atomic E-state index is 11.8. The number of pyridine rings is 1. The molecular formula is C17H19N3O3S. The highest BCUT2D eigenvalue weighted by Gasteiger charge is 2.12. The summed E-state index contributed by atoms with van der Waals surface area (Å²) in [5.41, 5.74) is 3.02. The molecule has 0 radical (unpaired) electrons. The second kappa shape index (κ2) is 7.55. The molecule has 3 heterocycles. The van der Waals surface area contributed by atoms with Crippen LogP contribution < -0.4 is 5.32 Å². The molecule has 0 spiro atoms. The van der Waals surface area contributed by atoms with Gasteiger partial charge < -0.3 is 19.2 Å². The monoisotopic (exact) mass is 345 g/mol. The second-order valence-corrected chi connectivity index (χ2v) is 6.52. The maximum Gasteiger partial charge on any atom is 0.230 e. The first-order chi connectivity index (χ1) is 11.6. The second-order valence-electron chi connectivity index (χ2n) is 5.53. The normalized spacial score (nSPS) is 12.4. The molecule has 0 saturated heterocycles. The molecule has 3 rings (SSSR count). The SMILES string of the molecule is Cc1ccc2nc(CSCC(=O)NCC(O)c3ccco3)cn2c1. The molecule has 0 aromatic carbocycles. The molecule has 1 atom stereocenters. The van der Waals surface area contributed by atoms with E-state index in [0.29, 0.717) is 17.3 Å². The molecule has 0 aliphatic carbocycles. The Morgan fingerprint density at radius 3 is 3.08 bits per heavy atom. The van der Waals surface area contributed by atoms with Gasteiger partial charge in [-0.3, -0.25) is 4.79 Å². The number of nitrogens with one attached hydrogen (secondary N) is 1. The van der Waals surface area contributed by atoms with Crippen molar-refractivity contribution in [2.75, 3.05) is 12.3 Å². The Morgan fingerprint density at radius 2 is 2.29 bits per heavy atom. The van der Waals surface area contributed by atoms with Gasteiger partial charge in [-0.25, -0.2) is 4.98 Å². The van der Waals surface area contributed by atoms with Crippen LogP contribution in [-0.2, 0) is 10.5 Å². The summed E-state index contributed by atoms with van der Waals surface area (Å²) in [4.78, 5) is 16.3. The van der Waals surface area contributed by atoms with Gasteiger partial charge in [0.1, 0.15) is 17.5 Å². The van der Waals surface area contributed by atoms with Gasteiger partial charge in [0.15, 0.2) is 0 Å². The first-order valence-electron chi connectivity index (χ1n) is 7.62. The Kier molecular flexibility index (Phi) is 5.22. The topological polar surface area (TPSA) is 79.8 Å². The molecule has 3 aromatic heterocycles. The Morgan fingerprint density at radius 1 is 1.42 bits per heavy atom. The van der Waals surface area contributed by atoms with E-state index in [2.05, 4.69) is 10.3 Å². The number of carbonyl (C=O) groups is 1. The summed E-state index contributed by atoms with van der Waals surface area (Å²) < 4.78 is 7.08. The van der Waals surface area contributed by atoms with Crippen LogP contribution in [0.2, 0.25) is 0 Å². The molecule has 0 aliphatic rings. The number of imidazole rings is 1. The lowest BCUT2D eigenvalue weighted by molar-refractivity contribution is -0.119. The molecule has 6 nitrogen and oxygen atoms in total. The van der Waals surface area contributed by atoms with Gasteiger partial charge in [-0.1, -0.05) is 6.07 Å². The first-order valence-corrected chi connectivity index (χ1v) is 8.77. The van der Waals surface area contributed by atoms with E-state index >= 15 is 0 Å². The van der Waals surface area contributed by atoms with E-state index in [0.717, 1.165) is 11.3 Å². The quantitative estimate of drug-likeness (QED) is 0.687. The number of furan rings is 1. The minimum atomic E-state index is -0.823. The summed E-state index contributed by atoms with van der Waals surface area (Å²) in [5.74, 6) is 1.31. The molecule has 1 unspecified atom stereocenters. The van der Waals surface area contributed by atoms with Crippen LogP contribution in [0.3, 0.4) is 0 Å². The van der Waals surface area contributed by atoms with E-state index in [4.69, 9.17) is 4.42 Å². The van der Waals surface area contributed by atoms with Crippen molar-refractivity contribution in [2.24, 2.45) is 0 Å². The molecule has 1 amide bonds. The number of fused-ring (bicyclic) bond motifs is 1. The van der Waals surface area contributed by atoms with Crippen LogP contribution in [0.1, 0.15) is 23.1 Å².